The van der Waals surface area contributed by atoms with Crippen LogP contribution < -0.4 is 0 Å². The maximum atomic E-state index is 12.9. The molecule has 0 amide bonds. The number of halogens is 1. The maximum absolute atomic E-state index is 12.9. The molecule has 0 spiro atoms. The fourth-order valence-corrected chi connectivity index (χ4v) is 2.08. The third-order valence-corrected chi connectivity index (χ3v) is 3.31. The van der Waals surface area contributed by atoms with E-state index in [-0.39, 0.29) is 5.82 Å². The van der Waals surface area contributed by atoms with Gasteiger partial charge in [0.05, 0.1) is 0 Å². The van der Waals surface area contributed by atoms with E-state index in [1.807, 2.05) is 32.0 Å². The highest BCUT2D eigenvalue weighted by atomic mass is 19.1. The van der Waals surface area contributed by atoms with Crippen molar-refractivity contribution in [1.82, 2.24) is 0 Å². The van der Waals surface area contributed by atoms with Gasteiger partial charge in [0.15, 0.2) is 0 Å². The molecule has 0 aliphatic rings. The average molecular weight is 258 g/mol. The lowest BCUT2D eigenvalue weighted by Crippen LogP contribution is -2.13. The first-order valence-electron chi connectivity index (χ1n) is 6.04. The SMILES string of the molecule is Cc1ccc(C(C(=O)O)c2ccc(F)cc2)cc1C. The molecule has 0 saturated carbocycles. The number of aryl methyl sites for hydroxylation is 2. The van der Waals surface area contributed by atoms with Crippen LogP contribution in [0, 0.1) is 19.7 Å². The van der Waals surface area contributed by atoms with Gasteiger partial charge in [-0.3, -0.25) is 4.79 Å². The standard InChI is InChI=1S/C16H15FO2/c1-10-3-4-13(9-11(10)2)15(16(18)19)12-5-7-14(17)8-6-12/h3-9,15H,1-2H3,(H,18,19). The van der Waals surface area contributed by atoms with Crippen LogP contribution in [0.4, 0.5) is 4.39 Å². The Balaban J connectivity index is 2.48. The van der Waals surface area contributed by atoms with Gasteiger partial charge in [-0.25, -0.2) is 4.39 Å². The molecule has 98 valence electrons. The van der Waals surface area contributed by atoms with Gasteiger partial charge in [0.25, 0.3) is 0 Å². The van der Waals surface area contributed by atoms with Crippen LogP contribution in [0.25, 0.3) is 0 Å². The van der Waals surface area contributed by atoms with Crippen molar-refractivity contribution >= 4 is 5.97 Å². The molecule has 0 aliphatic carbocycles. The Hall–Kier alpha value is -2.16. The highest BCUT2D eigenvalue weighted by Crippen LogP contribution is 2.26. The quantitative estimate of drug-likeness (QED) is 0.912. The van der Waals surface area contributed by atoms with Gasteiger partial charge in [-0.1, -0.05) is 30.3 Å². The smallest absolute Gasteiger partial charge is 0.315 e. The van der Waals surface area contributed by atoms with Crippen molar-refractivity contribution in [2.45, 2.75) is 19.8 Å². The van der Waals surface area contributed by atoms with E-state index in [0.717, 1.165) is 11.1 Å². The van der Waals surface area contributed by atoms with E-state index in [2.05, 4.69) is 0 Å². The molecule has 0 fully saturated rings. The zero-order chi connectivity index (χ0) is 14.0. The molecule has 1 atom stereocenters. The Morgan fingerprint density at radius 3 is 2.11 bits per heavy atom. The fourth-order valence-electron chi connectivity index (χ4n) is 2.08. The topological polar surface area (TPSA) is 37.3 Å². The summed E-state index contributed by atoms with van der Waals surface area (Å²) in [7, 11) is 0. The molecule has 2 aromatic carbocycles. The number of carbonyl (C=O) groups is 1. The molecule has 0 aliphatic heterocycles. The monoisotopic (exact) mass is 258 g/mol. The van der Waals surface area contributed by atoms with E-state index in [9.17, 15) is 14.3 Å². The third kappa shape index (κ3) is 2.81. The normalized spacial score (nSPS) is 12.2. The Kier molecular flexibility index (Phi) is 3.65. The molecule has 2 aromatic rings. The summed E-state index contributed by atoms with van der Waals surface area (Å²) in [6, 6.07) is 11.2. The fraction of sp³-hybridized carbons (Fsp3) is 0.188. The summed E-state index contributed by atoms with van der Waals surface area (Å²) in [5.74, 6) is -2.07. The predicted molar refractivity (Wildman–Crippen MR) is 71.8 cm³/mol. The first kappa shape index (κ1) is 13.3. The van der Waals surface area contributed by atoms with Crippen LogP contribution in [-0.4, -0.2) is 11.1 Å². The number of carboxylic acid groups (broad SMARTS) is 1. The molecule has 2 rings (SSSR count). The van der Waals surface area contributed by atoms with Crippen LogP contribution in [0.1, 0.15) is 28.2 Å². The zero-order valence-electron chi connectivity index (χ0n) is 10.9. The van der Waals surface area contributed by atoms with E-state index in [0.29, 0.717) is 11.1 Å². The molecule has 0 bridgehead atoms. The number of rotatable bonds is 3. The Labute approximate surface area is 111 Å². The maximum Gasteiger partial charge on any atom is 0.315 e. The number of hydrogen-bond acceptors (Lipinski definition) is 1. The van der Waals surface area contributed by atoms with E-state index in [1.54, 1.807) is 0 Å². The molecule has 3 heteroatoms. The summed E-state index contributed by atoms with van der Waals surface area (Å²) in [5.41, 5.74) is 3.46. The van der Waals surface area contributed by atoms with Crippen LogP contribution >= 0.6 is 0 Å². The van der Waals surface area contributed by atoms with Gasteiger partial charge in [0.1, 0.15) is 11.7 Å². The first-order valence-corrected chi connectivity index (χ1v) is 6.04. The molecule has 0 heterocycles. The second-order valence-electron chi connectivity index (χ2n) is 4.67. The summed E-state index contributed by atoms with van der Waals surface area (Å²) >= 11 is 0. The largest absolute Gasteiger partial charge is 0.481 e. The lowest BCUT2D eigenvalue weighted by molar-refractivity contribution is -0.137. The minimum Gasteiger partial charge on any atom is -0.481 e. The molecule has 2 nitrogen and oxygen atoms in total. The van der Waals surface area contributed by atoms with Crippen LogP contribution in [0.3, 0.4) is 0 Å². The van der Waals surface area contributed by atoms with Gasteiger partial charge in [-0.2, -0.15) is 0 Å². The second kappa shape index (κ2) is 5.22. The summed E-state index contributed by atoms with van der Waals surface area (Å²) < 4.78 is 12.9. The minimum atomic E-state index is -0.935. The first-order chi connectivity index (χ1) is 8.99. The number of hydrogen-bond donors (Lipinski definition) is 1. The summed E-state index contributed by atoms with van der Waals surface area (Å²) in [6.07, 6.45) is 0. The van der Waals surface area contributed by atoms with Crippen molar-refractivity contribution < 1.29 is 14.3 Å². The Morgan fingerprint density at radius 1 is 1.00 bits per heavy atom. The van der Waals surface area contributed by atoms with E-state index in [4.69, 9.17) is 0 Å². The number of aliphatic carboxylic acids is 1. The van der Waals surface area contributed by atoms with Crippen molar-refractivity contribution in [2.24, 2.45) is 0 Å². The second-order valence-corrected chi connectivity index (χ2v) is 4.67. The van der Waals surface area contributed by atoms with Gasteiger partial charge < -0.3 is 5.11 Å². The molecule has 19 heavy (non-hydrogen) atoms. The molecular formula is C16H15FO2. The summed E-state index contributed by atoms with van der Waals surface area (Å²) in [5, 5.41) is 9.42. The van der Waals surface area contributed by atoms with Gasteiger partial charge in [0, 0.05) is 0 Å². The lowest BCUT2D eigenvalue weighted by Gasteiger charge is -2.14. The van der Waals surface area contributed by atoms with Crippen LogP contribution in [0.2, 0.25) is 0 Å². The van der Waals surface area contributed by atoms with E-state index in [1.165, 1.54) is 24.3 Å². The van der Waals surface area contributed by atoms with Crippen LogP contribution in [-0.2, 0) is 4.79 Å². The van der Waals surface area contributed by atoms with E-state index < -0.39 is 11.9 Å². The van der Waals surface area contributed by atoms with Crippen molar-refractivity contribution in [3.63, 3.8) is 0 Å². The summed E-state index contributed by atoms with van der Waals surface area (Å²) in [4.78, 5) is 11.5. The Morgan fingerprint density at radius 2 is 1.58 bits per heavy atom. The highest BCUT2D eigenvalue weighted by molar-refractivity contribution is 5.80. The van der Waals surface area contributed by atoms with Crippen LogP contribution in [0.5, 0.6) is 0 Å². The molecular weight excluding hydrogens is 243 g/mol. The van der Waals surface area contributed by atoms with Crippen LogP contribution in [0.15, 0.2) is 42.5 Å². The molecule has 0 radical (unpaired) electrons. The zero-order valence-corrected chi connectivity index (χ0v) is 10.9. The van der Waals surface area contributed by atoms with Crippen molar-refractivity contribution in [3.8, 4) is 0 Å². The highest BCUT2D eigenvalue weighted by Gasteiger charge is 2.22. The number of carboxylic acids is 1. The average Bonchev–Trinajstić information content (AvgIpc) is 2.36. The molecule has 0 aromatic heterocycles. The van der Waals surface area contributed by atoms with Gasteiger partial charge in [-0.05, 0) is 48.2 Å². The van der Waals surface area contributed by atoms with Gasteiger partial charge in [0.2, 0.25) is 0 Å². The number of benzene rings is 2. The lowest BCUT2D eigenvalue weighted by atomic mass is 9.89. The van der Waals surface area contributed by atoms with Gasteiger partial charge >= 0.3 is 5.97 Å². The minimum absolute atomic E-state index is 0.368. The summed E-state index contributed by atoms with van der Waals surface area (Å²) in [6.45, 7) is 3.93. The van der Waals surface area contributed by atoms with Crippen molar-refractivity contribution in [2.75, 3.05) is 0 Å². The van der Waals surface area contributed by atoms with E-state index >= 15 is 0 Å². The Bertz CT molecular complexity index is 603. The third-order valence-electron chi connectivity index (χ3n) is 3.31. The molecule has 0 saturated heterocycles. The van der Waals surface area contributed by atoms with Crippen molar-refractivity contribution in [1.29, 1.82) is 0 Å². The molecule has 1 unspecified atom stereocenters. The van der Waals surface area contributed by atoms with Crippen molar-refractivity contribution in [3.05, 3.63) is 70.5 Å². The molecule has 1 N–H and O–H groups in total. The van der Waals surface area contributed by atoms with Gasteiger partial charge in [-0.15, -0.1) is 0 Å². The predicted octanol–water partition coefficient (Wildman–Crippen LogP) is 3.66.